The highest BCUT2D eigenvalue weighted by Crippen LogP contribution is 2.34. The van der Waals surface area contributed by atoms with Crippen molar-refractivity contribution in [2.75, 3.05) is 13.1 Å². The number of carboxylic acids is 1. The van der Waals surface area contributed by atoms with Crippen LogP contribution in [0.2, 0.25) is 0 Å². The number of aliphatic carboxylic acids is 1. The molecule has 1 heterocycles. The van der Waals surface area contributed by atoms with Gasteiger partial charge in [-0.1, -0.05) is 30.3 Å². The molecule has 3 N–H and O–H groups in total. The molecule has 1 aromatic rings. The molecule has 2 rings (SSSR count). The van der Waals surface area contributed by atoms with Crippen LogP contribution in [0.15, 0.2) is 30.3 Å². The number of carbonyl (C=O) groups excluding carboxylic acids is 1. The summed E-state index contributed by atoms with van der Waals surface area (Å²) in [6, 6.07) is 8.89. The second-order valence-electron chi connectivity index (χ2n) is 6.45. The van der Waals surface area contributed by atoms with Crippen molar-refractivity contribution in [1.29, 1.82) is 0 Å². The Morgan fingerprint density at radius 3 is 2.57 bits per heavy atom. The number of piperidine rings is 1. The van der Waals surface area contributed by atoms with Crippen LogP contribution in [0.5, 0.6) is 0 Å². The summed E-state index contributed by atoms with van der Waals surface area (Å²) in [7, 11) is 0. The highest BCUT2D eigenvalue weighted by atomic mass is 16.4. The molecule has 1 aliphatic heterocycles. The van der Waals surface area contributed by atoms with E-state index in [0.717, 1.165) is 5.56 Å². The third kappa shape index (κ3) is 3.82. The third-order valence-electron chi connectivity index (χ3n) is 4.27. The maximum Gasteiger partial charge on any atom is 0.317 e. The molecule has 2 amide bonds. The number of carboxylic acid groups (broad SMARTS) is 1. The Kier molecular flexibility index (Phi) is 5.26. The number of amides is 2. The quantitative estimate of drug-likeness (QED) is 0.784. The van der Waals surface area contributed by atoms with Gasteiger partial charge in [0.1, 0.15) is 5.41 Å². The maximum atomic E-state index is 12.2. The third-order valence-corrected chi connectivity index (χ3v) is 4.27. The number of hydrogen-bond donors (Lipinski definition) is 3. The van der Waals surface area contributed by atoms with E-state index < -0.39 is 17.5 Å². The molecule has 1 aliphatic rings. The summed E-state index contributed by atoms with van der Waals surface area (Å²) in [5.41, 5.74) is -0.548. The minimum Gasteiger partial charge on any atom is -0.481 e. The average Bonchev–Trinajstić information content (AvgIpc) is 2.49. The molecule has 6 heteroatoms. The smallest absolute Gasteiger partial charge is 0.317 e. The van der Waals surface area contributed by atoms with Gasteiger partial charge in [0.25, 0.3) is 0 Å². The Balaban J connectivity index is 2.24. The van der Waals surface area contributed by atoms with Gasteiger partial charge in [-0.15, -0.1) is 0 Å². The molecule has 0 saturated carbocycles. The molecule has 23 heavy (non-hydrogen) atoms. The number of nitrogens with zero attached hydrogens (tertiary/aromatic N) is 1. The zero-order valence-electron chi connectivity index (χ0n) is 13.5. The number of benzene rings is 1. The fraction of sp³-hybridized carbons (Fsp3) is 0.529. The van der Waals surface area contributed by atoms with Crippen molar-refractivity contribution in [1.82, 2.24) is 10.2 Å². The predicted octanol–water partition coefficient (Wildman–Crippen LogP) is 1.48. The monoisotopic (exact) mass is 320 g/mol. The topological polar surface area (TPSA) is 89.9 Å². The van der Waals surface area contributed by atoms with E-state index >= 15 is 0 Å². The standard InChI is InChI=1S/C17H24N2O4/c1-12(2)18-16(23)19-9-8-14(20)17(11-19,15(21)22)10-13-6-4-3-5-7-13/h3-7,12,14,20H,8-11H2,1-2H3,(H,18,23)(H,21,22)/t14-,17+/m0/s1. The van der Waals surface area contributed by atoms with Gasteiger partial charge in [0.05, 0.1) is 6.10 Å². The molecule has 0 aliphatic carbocycles. The molecule has 0 unspecified atom stereocenters. The average molecular weight is 320 g/mol. The first kappa shape index (κ1) is 17.3. The first-order chi connectivity index (χ1) is 10.8. The molecule has 0 aromatic heterocycles. The Morgan fingerprint density at radius 1 is 1.35 bits per heavy atom. The molecule has 0 radical (unpaired) electrons. The summed E-state index contributed by atoms with van der Waals surface area (Å²) in [5.74, 6) is -1.07. The van der Waals surface area contributed by atoms with E-state index in [9.17, 15) is 19.8 Å². The number of aliphatic hydroxyl groups is 1. The maximum absolute atomic E-state index is 12.2. The predicted molar refractivity (Wildman–Crippen MR) is 86.1 cm³/mol. The highest BCUT2D eigenvalue weighted by molar-refractivity contribution is 5.80. The van der Waals surface area contributed by atoms with Crippen LogP contribution in [0.25, 0.3) is 0 Å². The summed E-state index contributed by atoms with van der Waals surface area (Å²) < 4.78 is 0. The van der Waals surface area contributed by atoms with Crippen LogP contribution in [-0.2, 0) is 11.2 Å². The Hall–Kier alpha value is -2.08. The van der Waals surface area contributed by atoms with Crippen molar-refractivity contribution >= 4 is 12.0 Å². The molecular weight excluding hydrogens is 296 g/mol. The summed E-state index contributed by atoms with van der Waals surface area (Å²) in [6.45, 7) is 4.05. The summed E-state index contributed by atoms with van der Waals surface area (Å²) >= 11 is 0. The summed E-state index contributed by atoms with van der Waals surface area (Å²) in [5, 5.41) is 23.0. The van der Waals surface area contributed by atoms with Crippen molar-refractivity contribution < 1.29 is 19.8 Å². The van der Waals surface area contributed by atoms with Crippen LogP contribution in [-0.4, -0.2) is 52.3 Å². The van der Waals surface area contributed by atoms with Crippen LogP contribution in [0.4, 0.5) is 4.79 Å². The van der Waals surface area contributed by atoms with Crippen LogP contribution in [0, 0.1) is 5.41 Å². The van der Waals surface area contributed by atoms with Gasteiger partial charge in [0.15, 0.2) is 0 Å². The Morgan fingerprint density at radius 2 is 2.00 bits per heavy atom. The Labute approximate surface area is 136 Å². The molecule has 6 nitrogen and oxygen atoms in total. The molecule has 0 bridgehead atoms. The SMILES string of the molecule is CC(C)NC(=O)N1CC[C@H](O)[C@](Cc2ccccc2)(C(=O)O)C1. The lowest BCUT2D eigenvalue weighted by atomic mass is 9.73. The molecule has 2 atom stereocenters. The Bertz CT molecular complexity index is 561. The first-order valence-corrected chi connectivity index (χ1v) is 7.86. The number of rotatable bonds is 4. The zero-order valence-corrected chi connectivity index (χ0v) is 13.5. The lowest BCUT2D eigenvalue weighted by Crippen LogP contribution is -2.60. The van der Waals surface area contributed by atoms with Gasteiger partial charge < -0.3 is 20.4 Å². The molecule has 0 spiro atoms. The summed E-state index contributed by atoms with van der Waals surface area (Å²) in [6.07, 6.45) is -0.538. The van der Waals surface area contributed by atoms with E-state index in [2.05, 4.69) is 5.32 Å². The molecule has 126 valence electrons. The second kappa shape index (κ2) is 7.00. The van der Waals surface area contributed by atoms with Crippen molar-refractivity contribution in [2.45, 2.75) is 38.8 Å². The van der Waals surface area contributed by atoms with Crippen molar-refractivity contribution in [2.24, 2.45) is 5.41 Å². The number of urea groups is 1. The number of nitrogens with one attached hydrogen (secondary N) is 1. The first-order valence-electron chi connectivity index (χ1n) is 7.86. The van der Waals surface area contributed by atoms with E-state index in [1.807, 2.05) is 44.2 Å². The minimum absolute atomic E-state index is 0.00303. The number of hydrogen-bond acceptors (Lipinski definition) is 3. The molecule has 1 aromatic carbocycles. The van der Waals surface area contributed by atoms with E-state index in [1.54, 1.807) is 0 Å². The molecular formula is C17H24N2O4. The van der Waals surface area contributed by atoms with Crippen molar-refractivity contribution in [3.05, 3.63) is 35.9 Å². The number of aliphatic hydroxyl groups excluding tert-OH is 1. The fourth-order valence-electron chi connectivity index (χ4n) is 3.01. The van der Waals surface area contributed by atoms with Gasteiger partial charge in [-0.25, -0.2) is 4.79 Å². The van der Waals surface area contributed by atoms with Crippen molar-refractivity contribution in [3.8, 4) is 0 Å². The van der Waals surface area contributed by atoms with Crippen LogP contribution >= 0.6 is 0 Å². The van der Waals surface area contributed by atoms with Gasteiger partial charge >= 0.3 is 12.0 Å². The normalized spacial score (nSPS) is 24.5. The van der Waals surface area contributed by atoms with Gasteiger partial charge in [0, 0.05) is 19.1 Å². The zero-order chi connectivity index (χ0) is 17.0. The highest BCUT2D eigenvalue weighted by Gasteiger charge is 2.50. The summed E-state index contributed by atoms with van der Waals surface area (Å²) in [4.78, 5) is 25.7. The van der Waals surface area contributed by atoms with Crippen LogP contribution in [0.1, 0.15) is 25.8 Å². The lowest BCUT2D eigenvalue weighted by molar-refractivity contribution is -0.161. The molecule has 1 fully saturated rings. The van der Waals surface area contributed by atoms with Gasteiger partial charge in [-0.2, -0.15) is 0 Å². The lowest BCUT2D eigenvalue weighted by Gasteiger charge is -2.43. The van der Waals surface area contributed by atoms with Gasteiger partial charge in [0.2, 0.25) is 0 Å². The van der Waals surface area contributed by atoms with Gasteiger partial charge in [-0.3, -0.25) is 4.79 Å². The second-order valence-corrected chi connectivity index (χ2v) is 6.45. The number of likely N-dealkylation sites (tertiary alicyclic amines) is 1. The van der Waals surface area contributed by atoms with Gasteiger partial charge in [-0.05, 0) is 32.3 Å². The molecule has 1 saturated heterocycles. The largest absolute Gasteiger partial charge is 0.481 e. The fourth-order valence-corrected chi connectivity index (χ4v) is 3.01. The van der Waals surface area contributed by atoms with Crippen LogP contribution in [0.3, 0.4) is 0 Å². The van der Waals surface area contributed by atoms with E-state index in [0.29, 0.717) is 6.54 Å². The number of carbonyl (C=O) groups is 2. The van der Waals surface area contributed by atoms with E-state index in [1.165, 1.54) is 4.90 Å². The van der Waals surface area contributed by atoms with Crippen LogP contribution < -0.4 is 5.32 Å². The minimum atomic E-state index is -1.38. The van der Waals surface area contributed by atoms with E-state index in [-0.39, 0.29) is 31.5 Å². The van der Waals surface area contributed by atoms with E-state index in [4.69, 9.17) is 0 Å². The van der Waals surface area contributed by atoms with Crippen molar-refractivity contribution in [3.63, 3.8) is 0 Å².